The van der Waals surface area contributed by atoms with Crippen LogP contribution in [0.4, 0.5) is 10.1 Å². The van der Waals surface area contributed by atoms with Crippen molar-refractivity contribution in [2.24, 2.45) is 0 Å². The molecule has 5 nitrogen and oxygen atoms in total. The quantitative estimate of drug-likeness (QED) is 0.908. The van der Waals surface area contributed by atoms with Crippen LogP contribution in [0.15, 0.2) is 34.5 Å². The molecule has 0 aliphatic heterocycles. The van der Waals surface area contributed by atoms with Gasteiger partial charge in [0.05, 0.1) is 11.3 Å². The fourth-order valence-electron chi connectivity index (χ4n) is 1.54. The molecule has 2 rings (SSSR count). The van der Waals surface area contributed by atoms with E-state index in [0.29, 0.717) is 0 Å². The molecule has 0 aliphatic rings. The van der Waals surface area contributed by atoms with Crippen LogP contribution in [0.25, 0.3) is 0 Å². The van der Waals surface area contributed by atoms with Crippen LogP contribution in [-0.4, -0.2) is 19.5 Å². The van der Waals surface area contributed by atoms with E-state index in [0.717, 1.165) is 34.4 Å². The number of nitrogens with one attached hydrogen (secondary N) is 1. The Morgan fingerprint density at radius 3 is 2.55 bits per heavy atom. The number of rotatable bonds is 4. The first kappa shape index (κ1) is 14.5. The zero-order valence-electron chi connectivity index (χ0n) is 10.3. The molecule has 0 fully saturated rings. The predicted molar refractivity (Wildman–Crippen MR) is 73.2 cm³/mol. The van der Waals surface area contributed by atoms with Gasteiger partial charge < -0.3 is 5.11 Å². The number of halogens is 1. The molecule has 0 bridgehead atoms. The summed E-state index contributed by atoms with van der Waals surface area (Å²) in [6.45, 7) is 1.74. The first-order valence-electron chi connectivity index (χ1n) is 5.42. The fourth-order valence-corrected chi connectivity index (χ4v) is 3.89. The molecule has 0 saturated heterocycles. The van der Waals surface area contributed by atoms with Crippen molar-refractivity contribution in [2.45, 2.75) is 11.1 Å². The third kappa shape index (κ3) is 2.97. The van der Waals surface area contributed by atoms with Gasteiger partial charge in [0.15, 0.2) is 0 Å². The molecule has 0 unspecified atom stereocenters. The van der Waals surface area contributed by atoms with Gasteiger partial charge in [-0.05, 0) is 37.3 Å². The molecule has 0 radical (unpaired) electrons. The highest BCUT2D eigenvalue weighted by molar-refractivity contribution is 7.94. The second-order valence-corrected chi connectivity index (χ2v) is 7.16. The van der Waals surface area contributed by atoms with Crippen LogP contribution in [0.3, 0.4) is 0 Å². The summed E-state index contributed by atoms with van der Waals surface area (Å²) in [5.74, 6) is -2.07. The number of hydrogen-bond donors (Lipinski definition) is 2. The van der Waals surface area contributed by atoms with E-state index in [2.05, 4.69) is 4.72 Å². The molecule has 20 heavy (non-hydrogen) atoms. The van der Waals surface area contributed by atoms with E-state index in [1.54, 1.807) is 13.0 Å². The van der Waals surface area contributed by atoms with Gasteiger partial charge >= 0.3 is 5.97 Å². The topological polar surface area (TPSA) is 83.5 Å². The highest BCUT2D eigenvalue weighted by atomic mass is 32.2. The van der Waals surface area contributed by atoms with Gasteiger partial charge in [0, 0.05) is 4.88 Å². The van der Waals surface area contributed by atoms with E-state index in [4.69, 9.17) is 5.11 Å². The highest BCUT2D eigenvalue weighted by Gasteiger charge is 2.20. The Labute approximate surface area is 118 Å². The van der Waals surface area contributed by atoms with Crippen LogP contribution in [-0.2, 0) is 10.0 Å². The molecule has 0 saturated carbocycles. The molecule has 0 atom stereocenters. The number of carbonyl (C=O) groups is 1. The van der Waals surface area contributed by atoms with Crippen molar-refractivity contribution in [3.05, 3.63) is 46.6 Å². The van der Waals surface area contributed by atoms with Gasteiger partial charge in [-0.3, -0.25) is 4.72 Å². The molecule has 2 N–H and O–H groups in total. The lowest BCUT2D eigenvalue weighted by Crippen LogP contribution is -2.14. The second-order valence-electron chi connectivity index (χ2n) is 3.97. The van der Waals surface area contributed by atoms with Crippen LogP contribution in [0.2, 0.25) is 0 Å². The number of aromatic carboxylic acids is 1. The molecule has 0 amide bonds. The number of aryl methyl sites for hydroxylation is 1. The fraction of sp³-hybridized carbons (Fsp3) is 0.0833. The van der Waals surface area contributed by atoms with Crippen molar-refractivity contribution < 1.29 is 22.7 Å². The van der Waals surface area contributed by atoms with Crippen LogP contribution in [0.5, 0.6) is 0 Å². The summed E-state index contributed by atoms with van der Waals surface area (Å²) in [7, 11) is -3.93. The van der Waals surface area contributed by atoms with Crippen LogP contribution < -0.4 is 4.72 Å². The summed E-state index contributed by atoms with van der Waals surface area (Å²) in [6.07, 6.45) is 0. The molecule has 0 aliphatic carbocycles. The number of anilines is 1. The van der Waals surface area contributed by atoms with E-state index in [9.17, 15) is 17.6 Å². The SMILES string of the molecule is Cc1ccc(S(=O)(=O)Nc2cc(F)ccc2C(=O)O)s1. The average molecular weight is 315 g/mol. The second kappa shape index (κ2) is 5.22. The zero-order chi connectivity index (χ0) is 14.9. The monoisotopic (exact) mass is 315 g/mol. The van der Waals surface area contributed by atoms with E-state index in [1.165, 1.54) is 6.07 Å². The standard InChI is InChI=1S/C12H10FNO4S2/c1-7-2-5-11(19-7)20(17,18)14-10-6-8(13)3-4-9(10)12(15)16/h2-6,14H,1H3,(H,15,16). The Morgan fingerprint density at radius 2 is 2.00 bits per heavy atom. The minimum absolute atomic E-state index is 0.0376. The molecule has 0 spiro atoms. The molecule has 106 valence electrons. The summed E-state index contributed by atoms with van der Waals surface area (Å²) in [5, 5.41) is 8.97. The lowest BCUT2D eigenvalue weighted by Gasteiger charge is -2.09. The maximum absolute atomic E-state index is 13.2. The van der Waals surface area contributed by atoms with Crippen LogP contribution >= 0.6 is 11.3 Å². The van der Waals surface area contributed by atoms with Gasteiger partial charge in [0.25, 0.3) is 10.0 Å². The number of carboxylic acids is 1. The van der Waals surface area contributed by atoms with E-state index < -0.39 is 21.8 Å². The minimum atomic E-state index is -3.93. The Balaban J connectivity index is 2.44. The predicted octanol–water partition coefficient (Wildman–Crippen LogP) is 2.69. The Bertz CT molecular complexity index is 768. The molecule has 1 aromatic heterocycles. The van der Waals surface area contributed by atoms with Crippen molar-refractivity contribution in [3.63, 3.8) is 0 Å². The largest absolute Gasteiger partial charge is 0.478 e. The normalized spacial score (nSPS) is 11.3. The number of sulfonamides is 1. The number of benzene rings is 1. The molecule has 8 heteroatoms. The van der Waals surface area contributed by atoms with Gasteiger partial charge in [-0.25, -0.2) is 17.6 Å². The number of hydrogen-bond acceptors (Lipinski definition) is 4. The van der Waals surface area contributed by atoms with E-state index >= 15 is 0 Å². The molecule has 1 heterocycles. The van der Waals surface area contributed by atoms with Crippen molar-refractivity contribution in [2.75, 3.05) is 4.72 Å². The summed E-state index contributed by atoms with van der Waals surface area (Å²) < 4.78 is 39.5. The zero-order valence-corrected chi connectivity index (χ0v) is 11.9. The third-order valence-electron chi connectivity index (χ3n) is 2.44. The Morgan fingerprint density at radius 1 is 1.30 bits per heavy atom. The van der Waals surface area contributed by atoms with Crippen molar-refractivity contribution in [1.29, 1.82) is 0 Å². The van der Waals surface area contributed by atoms with Gasteiger partial charge in [0.2, 0.25) is 0 Å². The van der Waals surface area contributed by atoms with Crippen molar-refractivity contribution >= 4 is 33.0 Å². The van der Waals surface area contributed by atoms with Gasteiger partial charge in [0.1, 0.15) is 10.0 Å². The van der Waals surface area contributed by atoms with Gasteiger partial charge in [-0.15, -0.1) is 11.3 Å². The molecular formula is C12H10FNO4S2. The maximum Gasteiger partial charge on any atom is 0.337 e. The van der Waals surface area contributed by atoms with Gasteiger partial charge in [-0.1, -0.05) is 0 Å². The Kier molecular flexibility index (Phi) is 3.78. The third-order valence-corrected chi connectivity index (χ3v) is 5.29. The maximum atomic E-state index is 13.2. The summed E-state index contributed by atoms with van der Waals surface area (Å²) in [6, 6.07) is 5.83. The van der Waals surface area contributed by atoms with Crippen LogP contribution in [0, 0.1) is 12.7 Å². The molecular weight excluding hydrogens is 305 g/mol. The number of thiophene rings is 1. The smallest absolute Gasteiger partial charge is 0.337 e. The van der Waals surface area contributed by atoms with E-state index in [1.807, 2.05) is 0 Å². The van der Waals surface area contributed by atoms with Gasteiger partial charge in [-0.2, -0.15) is 0 Å². The molecule has 2 aromatic rings. The lowest BCUT2D eigenvalue weighted by atomic mass is 10.2. The van der Waals surface area contributed by atoms with E-state index in [-0.39, 0.29) is 15.5 Å². The Hall–Kier alpha value is -1.93. The summed E-state index contributed by atoms with van der Waals surface area (Å²) >= 11 is 1.04. The summed E-state index contributed by atoms with van der Waals surface area (Å²) in [5.41, 5.74) is -0.619. The highest BCUT2D eigenvalue weighted by Crippen LogP contribution is 2.25. The lowest BCUT2D eigenvalue weighted by molar-refractivity contribution is 0.0698. The molecule has 1 aromatic carbocycles. The average Bonchev–Trinajstić information content (AvgIpc) is 2.75. The number of carboxylic acid groups (broad SMARTS) is 1. The van der Waals surface area contributed by atoms with Crippen LogP contribution in [0.1, 0.15) is 15.2 Å². The minimum Gasteiger partial charge on any atom is -0.478 e. The summed E-state index contributed by atoms with van der Waals surface area (Å²) in [4.78, 5) is 11.8. The van der Waals surface area contributed by atoms with Crippen molar-refractivity contribution in [3.8, 4) is 0 Å². The first-order valence-corrected chi connectivity index (χ1v) is 7.71. The van der Waals surface area contributed by atoms with Crippen molar-refractivity contribution in [1.82, 2.24) is 0 Å². The first-order chi connectivity index (χ1) is 9.29.